The molecule has 0 saturated heterocycles. The highest BCUT2D eigenvalue weighted by Crippen LogP contribution is 2.16. The molecular formula is C12H13ClN4O3S. The van der Waals surface area contributed by atoms with Crippen molar-refractivity contribution in [3.05, 3.63) is 40.7 Å². The monoisotopic (exact) mass is 328 g/mol. The van der Waals surface area contributed by atoms with Crippen molar-refractivity contribution in [2.24, 2.45) is 0 Å². The average Bonchev–Trinajstić information content (AvgIpc) is 2.68. The van der Waals surface area contributed by atoms with E-state index in [4.69, 9.17) is 11.6 Å². The molecule has 0 aliphatic carbocycles. The zero-order valence-electron chi connectivity index (χ0n) is 11.4. The van der Waals surface area contributed by atoms with Crippen LogP contribution in [0.25, 0.3) is 5.69 Å². The molecule has 1 aromatic carbocycles. The summed E-state index contributed by atoms with van der Waals surface area (Å²) in [4.78, 5) is 11.6. The number of sulfonamides is 1. The first kappa shape index (κ1) is 15.5. The minimum absolute atomic E-state index is 0.167. The minimum atomic E-state index is -3.58. The Morgan fingerprint density at radius 3 is 2.76 bits per heavy atom. The van der Waals surface area contributed by atoms with Gasteiger partial charge < -0.3 is 0 Å². The first-order chi connectivity index (χ1) is 9.76. The zero-order valence-corrected chi connectivity index (χ0v) is 12.9. The molecule has 0 spiro atoms. The maximum atomic E-state index is 11.6. The third kappa shape index (κ3) is 4.02. The average molecular weight is 329 g/mol. The molecule has 1 N–H and O–H groups in total. The highest BCUT2D eigenvalue weighted by Gasteiger charge is 2.16. The smallest absolute Gasteiger partial charge is 0.239 e. The number of amides is 1. The van der Waals surface area contributed by atoms with Crippen LogP contribution in [0.1, 0.15) is 11.4 Å². The Morgan fingerprint density at radius 1 is 1.43 bits per heavy atom. The molecule has 0 radical (unpaired) electrons. The highest BCUT2D eigenvalue weighted by molar-refractivity contribution is 7.89. The van der Waals surface area contributed by atoms with Crippen LogP contribution in [0.5, 0.6) is 0 Å². The fourth-order valence-electron chi connectivity index (χ4n) is 1.77. The summed E-state index contributed by atoms with van der Waals surface area (Å²) >= 11 is 5.92. The van der Waals surface area contributed by atoms with Crippen LogP contribution in [0.15, 0.2) is 24.3 Å². The zero-order chi connectivity index (χ0) is 15.6. The van der Waals surface area contributed by atoms with E-state index >= 15 is 0 Å². The van der Waals surface area contributed by atoms with Crippen molar-refractivity contribution in [2.75, 3.05) is 6.26 Å². The van der Waals surface area contributed by atoms with Crippen LogP contribution < -0.4 is 4.72 Å². The Hall–Kier alpha value is -1.93. The maximum absolute atomic E-state index is 11.6. The van der Waals surface area contributed by atoms with E-state index in [0.29, 0.717) is 22.1 Å². The van der Waals surface area contributed by atoms with Crippen LogP contribution >= 0.6 is 11.6 Å². The largest absolute Gasteiger partial charge is 0.274 e. The molecule has 1 amide bonds. The highest BCUT2D eigenvalue weighted by atomic mass is 35.5. The second-order valence-corrected chi connectivity index (χ2v) is 6.67. The number of benzene rings is 1. The van der Waals surface area contributed by atoms with E-state index in [1.165, 1.54) is 4.68 Å². The molecule has 9 heteroatoms. The lowest BCUT2D eigenvalue weighted by atomic mass is 10.2. The van der Waals surface area contributed by atoms with Gasteiger partial charge in [0.05, 0.1) is 29.8 Å². The SMILES string of the molecule is Cc1c(CC(=O)NS(C)(=O)=O)nnn1-c1cccc(Cl)c1. The Kier molecular flexibility index (Phi) is 4.29. The van der Waals surface area contributed by atoms with Gasteiger partial charge in [0.15, 0.2) is 0 Å². The third-order valence-corrected chi connectivity index (χ3v) is 3.50. The van der Waals surface area contributed by atoms with Crippen molar-refractivity contribution < 1.29 is 13.2 Å². The topological polar surface area (TPSA) is 93.9 Å². The van der Waals surface area contributed by atoms with Gasteiger partial charge in [0.25, 0.3) is 0 Å². The summed E-state index contributed by atoms with van der Waals surface area (Å²) in [7, 11) is -3.58. The molecule has 21 heavy (non-hydrogen) atoms. The standard InChI is InChI=1S/C12H13ClN4O3S/c1-8-11(7-12(18)15-21(2,19)20)14-16-17(8)10-5-3-4-9(13)6-10/h3-6H,7H2,1-2H3,(H,15,18). The van der Waals surface area contributed by atoms with Gasteiger partial charge in [0, 0.05) is 5.02 Å². The minimum Gasteiger partial charge on any atom is -0.274 e. The van der Waals surface area contributed by atoms with Crippen LogP contribution in [-0.2, 0) is 21.2 Å². The Labute approximate surface area is 127 Å². The van der Waals surface area contributed by atoms with Crippen molar-refractivity contribution in [1.29, 1.82) is 0 Å². The molecule has 7 nitrogen and oxygen atoms in total. The van der Waals surface area contributed by atoms with Crippen molar-refractivity contribution >= 4 is 27.5 Å². The number of carbonyl (C=O) groups is 1. The number of halogens is 1. The third-order valence-electron chi connectivity index (χ3n) is 2.67. The van der Waals surface area contributed by atoms with Gasteiger partial charge in [0.1, 0.15) is 0 Å². The van der Waals surface area contributed by atoms with Gasteiger partial charge in [-0.05, 0) is 25.1 Å². The van der Waals surface area contributed by atoms with Gasteiger partial charge >= 0.3 is 0 Å². The second kappa shape index (κ2) is 5.82. The Balaban J connectivity index is 2.23. The Morgan fingerprint density at radius 2 is 2.14 bits per heavy atom. The van der Waals surface area contributed by atoms with Gasteiger partial charge in [-0.1, -0.05) is 22.9 Å². The normalized spacial score (nSPS) is 11.4. The van der Waals surface area contributed by atoms with Gasteiger partial charge in [-0.15, -0.1) is 5.10 Å². The van der Waals surface area contributed by atoms with Crippen molar-refractivity contribution in [3.63, 3.8) is 0 Å². The van der Waals surface area contributed by atoms with Gasteiger partial charge in [0.2, 0.25) is 15.9 Å². The second-order valence-electron chi connectivity index (χ2n) is 4.49. The molecular weight excluding hydrogens is 316 g/mol. The fourth-order valence-corrected chi connectivity index (χ4v) is 2.44. The number of nitrogens with one attached hydrogen (secondary N) is 1. The number of rotatable bonds is 4. The van der Waals surface area contributed by atoms with Crippen LogP contribution in [0.2, 0.25) is 5.02 Å². The van der Waals surface area contributed by atoms with Crippen LogP contribution in [-0.4, -0.2) is 35.6 Å². The molecule has 2 rings (SSSR count). The summed E-state index contributed by atoms with van der Waals surface area (Å²) in [5, 5.41) is 8.42. The first-order valence-electron chi connectivity index (χ1n) is 5.94. The van der Waals surface area contributed by atoms with E-state index in [0.717, 1.165) is 6.26 Å². The summed E-state index contributed by atoms with van der Waals surface area (Å²) in [6, 6.07) is 7.02. The molecule has 0 atom stereocenters. The predicted molar refractivity (Wildman–Crippen MR) is 77.8 cm³/mol. The molecule has 1 aromatic heterocycles. The van der Waals surface area contributed by atoms with E-state index in [1.807, 2.05) is 4.72 Å². The molecule has 0 saturated carbocycles. The first-order valence-corrected chi connectivity index (χ1v) is 8.21. The van der Waals surface area contributed by atoms with Crippen LogP contribution in [0.4, 0.5) is 0 Å². The summed E-state index contributed by atoms with van der Waals surface area (Å²) in [5.74, 6) is -0.654. The van der Waals surface area contributed by atoms with Crippen LogP contribution in [0.3, 0.4) is 0 Å². The van der Waals surface area contributed by atoms with Gasteiger partial charge in [-0.2, -0.15) is 0 Å². The molecule has 2 aromatic rings. The van der Waals surface area contributed by atoms with E-state index in [1.54, 1.807) is 31.2 Å². The van der Waals surface area contributed by atoms with Crippen molar-refractivity contribution in [3.8, 4) is 5.69 Å². The summed E-state index contributed by atoms with van der Waals surface area (Å²) in [6.07, 6.45) is 0.750. The van der Waals surface area contributed by atoms with E-state index in [9.17, 15) is 13.2 Å². The van der Waals surface area contributed by atoms with E-state index in [2.05, 4.69) is 10.3 Å². The molecule has 0 aliphatic rings. The number of hydrogen-bond acceptors (Lipinski definition) is 5. The number of hydrogen-bond donors (Lipinski definition) is 1. The molecule has 0 fully saturated rings. The van der Waals surface area contributed by atoms with Gasteiger partial charge in [-0.3, -0.25) is 9.52 Å². The number of nitrogens with zero attached hydrogens (tertiary/aromatic N) is 3. The van der Waals surface area contributed by atoms with E-state index in [-0.39, 0.29) is 6.42 Å². The molecule has 0 aliphatic heterocycles. The lowest BCUT2D eigenvalue weighted by Crippen LogP contribution is -2.30. The number of carbonyl (C=O) groups excluding carboxylic acids is 1. The van der Waals surface area contributed by atoms with Crippen molar-refractivity contribution in [1.82, 2.24) is 19.7 Å². The molecule has 0 bridgehead atoms. The summed E-state index contributed by atoms with van der Waals surface area (Å²) in [5.41, 5.74) is 1.75. The van der Waals surface area contributed by atoms with Crippen LogP contribution in [0, 0.1) is 6.92 Å². The quantitative estimate of drug-likeness (QED) is 0.897. The predicted octanol–water partition coefficient (Wildman–Crippen LogP) is 0.847. The van der Waals surface area contributed by atoms with Crippen molar-refractivity contribution in [2.45, 2.75) is 13.3 Å². The van der Waals surface area contributed by atoms with Gasteiger partial charge in [-0.25, -0.2) is 13.1 Å². The lowest BCUT2D eigenvalue weighted by Gasteiger charge is -2.04. The summed E-state index contributed by atoms with van der Waals surface area (Å²) in [6.45, 7) is 1.74. The molecule has 1 heterocycles. The summed E-state index contributed by atoms with van der Waals surface area (Å²) < 4.78 is 25.4. The molecule has 112 valence electrons. The number of aromatic nitrogens is 3. The maximum Gasteiger partial charge on any atom is 0.239 e. The molecule has 0 unspecified atom stereocenters. The fraction of sp³-hybridized carbons (Fsp3) is 0.250. The van der Waals surface area contributed by atoms with E-state index < -0.39 is 15.9 Å². The lowest BCUT2D eigenvalue weighted by molar-refractivity contribution is -0.118. The Bertz CT molecular complexity index is 786.